The highest BCUT2D eigenvalue weighted by Crippen LogP contribution is 2.15. The maximum Gasteiger partial charge on any atom is 0.229 e. The molecule has 0 N–H and O–H groups in total. The van der Waals surface area contributed by atoms with E-state index in [1.54, 1.807) is 12.3 Å². The van der Waals surface area contributed by atoms with Gasteiger partial charge in [0.05, 0.1) is 5.39 Å². The summed E-state index contributed by atoms with van der Waals surface area (Å²) < 4.78 is 5.39. The lowest BCUT2D eigenvalue weighted by Crippen LogP contribution is -1.73. The second-order valence-corrected chi connectivity index (χ2v) is 2.49. The maximum atomic E-state index is 5.39. The number of furan rings is 1. The summed E-state index contributed by atoms with van der Waals surface area (Å²) in [6.07, 6.45) is 5.74. The zero-order chi connectivity index (χ0) is 8.39. The van der Waals surface area contributed by atoms with Gasteiger partial charge in [-0.1, -0.05) is 6.08 Å². The zero-order valence-electron chi connectivity index (χ0n) is 6.53. The summed E-state index contributed by atoms with van der Waals surface area (Å²) in [4.78, 5) is 7.86. The molecule has 3 heteroatoms. The predicted molar refractivity (Wildman–Crippen MR) is 45.7 cm³/mol. The minimum atomic E-state index is 0.641. The van der Waals surface area contributed by atoms with Crippen molar-refractivity contribution < 1.29 is 4.42 Å². The van der Waals surface area contributed by atoms with E-state index in [4.69, 9.17) is 4.42 Å². The summed E-state index contributed by atoms with van der Waals surface area (Å²) in [6, 6.07) is 1.93. The minimum absolute atomic E-state index is 0.641. The fourth-order valence-corrected chi connectivity index (χ4v) is 1.08. The smallest absolute Gasteiger partial charge is 0.229 e. The van der Waals surface area contributed by atoms with E-state index in [0.717, 1.165) is 17.6 Å². The van der Waals surface area contributed by atoms with E-state index in [-0.39, 0.29) is 0 Å². The van der Waals surface area contributed by atoms with Gasteiger partial charge in [-0.2, -0.15) is 0 Å². The fourth-order valence-electron chi connectivity index (χ4n) is 1.08. The molecule has 0 bridgehead atoms. The van der Waals surface area contributed by atoms with Crippen molar-refractivity contribution in [3.05, 3.63) is 37.0 Å². The van der Waals surface area contributed by atoms with Crippen molar-refractivity contribution in [3.8, 4) is 0 Å². The number of hydrogen-bond acceptors (Lipinski definition) is 3. The Hall–Kier alpha value is -1.64. The van der Waals surface area contributed by atoms with Crippen molar-refractivity contribution in [2.24, 2.45) is 0 Å². The van der Waals surface area contributed by atoms with Gasteiger partial charge in [-0.05, 0) is 6.07 Å². The Morgan fingerprint density at radius 3 is 3.25 bits per heavy atom. The van der Waals surface area contributed by atoms with Gasteiger partial charge in [-0.25, -0.2) is 9.97 Å². The van der Waals surface area contributed by atoms with E-state index in [0.29, 0.717) is 5.71 Å². The van der Waals surface area contributed by atoms with Crippen LogP contribution in [0.5, 0.6) is 0 Å². The van der Waals surface area contributed by atoms with Crippen molar-refractivity contribution in [2.45, 2.75) is 6.42 Å². The fraction of sp³-hybridized carbons (Fsp3) is 0.111. The molecule has 2 heterocycles. The lowest BCUT2D eigenvalue weighted by Gasteiger charge is -1.83. The van der Waals surface area contributed by atoms with Gasteiger partial charge in [0, 0.05) is 12.6 Å². The predicted octanol–water partition coefficient (Wildman–Crippen LogP) is 1.95. The van der Waals surface area contributed by atoms with Gasteiger partial charge in [-0.3, -0.25) is 0 Å². The largest absolute Gasteiger partial charge is 0.442 e. The average Bonchev–Trinajstić information content (AvgIpc) is 2.47. The van der Waals surface area contributed by atoms with E-state index in [9.17, 15) is 0 Å². The molecule has 0 atom stereocenters. The van der Waals surface area contributed by atoms with E-state index in [1.165, 1.54) is 6.33 Å². The van der Waals surface area contributed by atoms with Crippen LogP contribution in [0.15, 0.2) is 35.7 Å². The number of aromatic nitrogens is 2. The van der Waals surface area contributed by atoms with Gasteiger partial charge in [0.25, 0.3) is 0 Å². The third-order valence-corrected chi connectivity index (χ3v) is 1.59. The Morgan fingerprint density at radius 1 is 1.58 bits per heavy atom. The molecule has 3 nitrogen and oxygen atoms in total. The van der Waals surface area contributed by atoms with E-state index in [1.807, 2.05) is 6.07 Å². The monoisotopic (exact) mass is 160 g/mol. The molecule has 2 rings (SSSR count). The summed E-state index contributed by atoms with van der Waals surface area (Å²) >= 11 is 0. The van der Waals surface area contributed by atoms with Crippen LogP contribution >= 0.6 is 0 Å². The molecule has 60 valence electrons. The number of rotatable bonds is 2. The molecule has 2 aromatic rings. The number of fused-ring (bicyclic) bond motifs is 1. The third kappa shape index (κ3) is 1.09. The standard InChI is InChI=1S/C9H8N2O/c1-2-3-8-4-7-5-10-6-11-9(7)12-8/h2,4-6H,1,3H2. The summed E-state index contributed by atoms with van der Waals surface area (Å²) in [5, 5.41) is 0.939. The van der Waals surface area contributed by atoms with Gasteiger partial charge in [0.15, 0.2) is 0 Å². The van der Waals surface area contributed by atoms with Crippen molar-refractivity contribution in [1.29, 1.82) is 0 Å². The molecule has 0 radical (unpaired) electrons. The first-order valence-corrected chi connectivity index (χ1v) is 3.69. The van der Waals surface area contributed by atoms with Crippen molar-refractivity contribution in [3.63, 3.8) is 0 Å². The zero-order valence-corrected chi connectivity index (χ0v) is 6.53. The molecule has 0 aromatic carbocycles. The summed E-state index contributed by atoms with van der Waals surface area (Å²) in [6.45, 7) is 3.63. The Bertz CT molecular complexity index is 373. The van der Waals surface area contributed by atoms with Crippen molar-refractivity contribution in [2.75, 3.05) is 0 Å². The van der Waals surface area contributed by atoms with Crippen molar-refractivity contribution >= 4 is 11.1 Å². The molecule has 0 spiro atoms. The third-order valence-electron chi connectivity index (χ3n) is 1.59. The van der Waals surface area contributed by atoms with E-state index < -0.39 is 0 Å². The number of nitrogens with zero attached hydrogens (tertiary/aromatic N) is 2. The van der Waals surface area contributed by atoms with Gasteiger partial charge in [0.2, 0.25) is 5.71 Å². The molecule has 2 aromatic heterocycles. The normalized spacial score (nSPS) is 10.3. The first-order valence-electron chi connectivity index (χ1n) is 3.69. The van der Waals surface area contributed by atoms with Crippen LogP contribution in [0.25, 0.3) is 11.1 Å². The van der Waals surface area contributed by atoms with Crippen LogP contribution in [0, 0.1) is 0 Å². The molecule has 0 fully saturated rings. The van der Waals surface area contributed by atoms with Crippen LogP contribution in [0.1, 0.15) is 5.76 Å². The molecule has 0 unspecified atom stereocenters. The average molecular weight is 160 g/mol. The molecule has 0 amide bonds. The second kappa shape index (κ2) is 2.77. The van der Waals surface area contributed by atoms with E-state index in [2.05, 4.69) is 16.5 Å². The summed E-state index contributed by atoms with van der Waals surface area (Å²) in [5.74, 6) is 0.875. The number of allylic oxidation sites excluding steroid dienone is 1. The number of hydrogen-bond donors (Lipinski definition) is 0. The van der Waals surface area contributed by atoms with E-state index >= 15 is 0 Å². The summed E-state index contributed by atoms with van der Waals surface area (Å²) in [5.41, 5.74) is 0.641. The van der Waals surface area contributed by atoms with Gasteiger partial charge in [0.1, 0.15) is 12.1 Å². The Balaban J connectivity index is 2.54. The first kappa shape index (κ1) is 7.03. The molecular formula is C9H8N2O. The molecular weight excluding hydrogens is 152 g/mol. The summed E-state index contributed by atoms with van der Waals surface area (Å²) in [7, 11) is 0. The lowest BCUT2D eigenvalue weighted by molar-refractivity contribution is 0.554. The quantitative estimate of drug-likeness (QED) is 0.630. The highest BCUT2D eigenvalue weighted by Gasteiger charge is 2.01. The molecule has 0 aliphatic rings. The van der Waals surface area contributed by atoms with Gasteiger partial charge in [-0.15, -0.1) is 6.58 Å². The minimum Gasteiger partial charge on any atom is -0.442 e. The van der Waals surface area contributed by atoms with Crippen molar-refractivity contribution in [1.82, 2.24) is 9.97 Å². The molecule has 0 saturated heterocycles. The van der Waals surface area contributed by atoms with Gasteiger partial charge >= 0.3 is 0 Å². The van der Waals surface area contributed by atoms with Crippen LogP contribution in [-0.4, -0.2) is 9.97 Å². The van der Waals surface area contributed by atoms with Crippen LogP contribution in [-0.2, 0) is 6.42 Å². The SMILES string of the molecule is C=CCc1cc2cncnc2o1. The highest BCUT2D eigenvalue weighted by molar-refractivity contribution is 5.72. The molecule has 0 aliphatic carbocycles. The molecule has 0 aliphatic heterocycles. The Labute approximate surface area is 69.8 Å². The topological polar surface area (TPSA) is 38.9 Å². The highest BCUT2D eigenvalue weighted by atomic mass is 16.3. The lowest BCUT2D eigenvalue weighted by atomic mass is 10.3. The maximum absolute atomic E-state index is 5.39. The Kier molecular flexibility index (Phi) is 1.63. The molecule has 12 heavy (non-hydrogen) atoms. The van der Waals surface area contributed by atoms with Crippen LogP contribution in [0.4, 0.5) is 0 Å². The Morgan fingerprint density at radius 2 is 2.50 bits per heavy atom. The molecule has 0 saturated carbocycles. The van der Waals surface area contributed by atoms with Crippen LogP contribution in [0.3, 0.4) is 0 Å². The van der Waals surface area contributed by atoms with Crippen LogP contribution in [0.2, 0.25) is 0 Å². The second-order valence-electron chi connectivity index (χ2n) is 2.49. The van der Waals surface area contributed by atoms with Gasteiger partial charge < -0.3 is 4.42 Å². The van der Waals surface area contributed by atoms with Crippen LogP contribution < -0.4 is 0 Å². The first-order chi connectivity index (χ1) is 5.90.